The number of aromatic amines is 1. The lowest BCUT2D eigenvalue weighted by molar-refractivity contribution is -0.150. The second kappa shape index (κ2) is 9.02. The fourth-order valence-electron chi connectivity index (χ4n) is 5.37. The summed E-state index contributed by atoms with van der Waals surface area (Å²) in [7, 11) is -3.74. The molecule has 3 heterocycles. The average Bonchev–Trinajstić information content (AvgIpc) is 3.32. The summed E-state index contributed by atoms with van der Waals surface area (Å²) in [4.78, 5) is 43.8. The first-order valence-corrected chi connectivity index (χ1v) is 13.8. The number of nitrogens with one attached hydrogen (secondary N) is 3. The van der Waals surface area contributed by atoms with E-state index in [-0.39, 0.29) is 24.8 Å². The summed E-state index contributed by atoms with van der Waals surface area (Å²) in [6.07, 6.45) is 1.86. The highest BCUT2D eigenvalue weighted by atomic mass is 32.2. The third kappa shape index (κ3) is 4.09. The zero-order chi connectivity index (χ0) is 26.5. The summed E-state index contributed by atoms with van der Waals surface area (Å²) in [6.45, 7) is 4.78. The molecule has 2 aliphatic heterocycles. The van der Waals surface area contributed by atoms with Gasteiger partial charge in [-0.15, -0.1) is 0 Å². The van der Waals surface area contributed by atoms with Crippen LogP contribution >= 0.6 is 0 Å². The smallest absolute Gasteiger partial charge is 0.245 e. The fraction of sp³-hybridized carbons (Fsp3) is 0.370. The third-order valence-corrected chi connectivity index (χ3v) is 10.4. The van der Waals surface area contributed by atoms with E-state index in [1.54, 1.807) is 6.20 Å². The van der Waals surface area contributed by atoms with E-state index in [1.807, 2.05) is 61.5 Å². The van der Waals surface area contributed by atoms with Gasteiger partial charge in [0.15, 0.2) is 9.84 Å². The van der Waals surface area contributed by atoms with Gasteiger partial charge in [-0.2, -0.15) is 0 Å². The molecule has 3 amide bonds. The number of sulfone groups is 1. The molecule has 4 atom stereocenters. The van der Waals surface area contributed by atoms with Crippen molar-refractivity contribution in [2.24, 2.45) is 0 Å². The van der Waals surface area contributed by atoms with Gasteiger partial charge >= 0.3 is 0 Å². The minimum Gasteiger partial charge on any atom is -0.361 e. The van der Waals surface area contributed by atoms with Gasteiger partial charge in [-0.1, -0.05) is 48.5 Å². The predicted molar refractivity (Wildman–Crippen MR) is 139 cm³/mol. The van der Waals surface area contributed by atoms with Crippen LogP contribution in [0.3, 0.4) is 0 Å². The molecule has 3 N–H and O–H groups in total. The lowest BCUT2D eigenvalue weighted by atomic mass is 9.96. The first-order valence-electron chi connectivity index (χ1n) is 12.3. The van der Waals surface area contributed by atoms with E-state index in [4.69, 9.17) is 0 Å². The number of fused-ring (bicyclic) bond motifs is 2. The molecule has 9 nitrogen and oxygen atoms in total. The van der Waals surface area contributed by atoms with Gasteiger partial charge in [0.05, 0.1) is 17.2 Å². The van der Waals surface area contributed by atoms with E-state index in [1.165, 1.54) is 13.8 Å². The maximum Gasteiger partial charge on any atom is 0.245 e. The van der Waals surface area contributed by atoms with Gasteiger partial charge in [-0.05, 0) is 38.0 Å². The van der Waals surface area contributed by atoms with Crippen molar-refractivity contribution in [1.29, 1.82) is 0 Å². The first-order chi connectivity index (χ1) is 17.5. The molecule has 3 aromatic rings. The van der Waals surface area contributed by atoms with Crippen LogP contribution in [0.25, 0.3) is 10.9 Å². The highest BCUT2D eigenvalue weighted by Gasteiger charge is 2.67. The minimum absolute atomic E-state index is 0.122. The monoisotopic (exact) mass is 522 g/mol. The maximum absolute atomic E-state index is 13.6. The molecule has 0 radical (unpaired) electrons. The van der Waals surface area contributed by atoms with Gasteiger partial charge < -0.3 is 20.5 Å². The zero-order valence-corrected chi connectivity index (χ0v) is 21.7. The normalized spacial score (nSPS) is 23.1. The first kappa shape index (κ1) is 25.0. The van der Waals surface area contributed by atoms with E-state index in [0.29, 0.717) is 0 Å². The van der Waals surface area contributed by atoms with Crippen LogP contribution in [-0.2, 0) is 30.6 Å². The van der Waals surface area contributed by atoms with Crippen LogP contribution in [0.5, 0.6) is 0 Å². The number of nitrogens with zero attached hydrogens (tertiary/aromatic N) is 1. The second-order valence-corrected chi connectivity index (χ2v) is 13.0. The number of rotatable bonds is 7. The summed E-state index contributed by atoms with van der Waals surface area (Å²) < 4.78 is 24.5. The molecule has 0 spiro atoms. The summed E-state index contributed by atoms with van der Waals surface area (Å²) in [5.41, 5.74) is 2.64. The Labute approximate surface area is 215 Å². The Morgan fingerprint density at radius 3 is 2.46 bits per heavy atom. The van der Waals surface area contributed by atoms with Crippen molar-refractivity contribution in [2.45, 2.75) is 61.9 Å². The number of β-lactam (4-membered cyclic amide) rings is 1. The van der Waals surface area contributed by atoms with Crippen LogP contribution in [0.4, 0.5) is 0 Å². The molecule has 2 fully saturated rings. The standard InChI is InChI=1S/C27H30N4O5S/c1-16(17-9-5-4-6-10-17)29-25(33)21(13-18-15-28-20-12-8-7-11-19(18)20)30-26(34)24-27(2,3)37(35,36)23-14-22(32)31(23)24/h4-12,15-16,21,23-24,28H,13-14H2,1-3H3,(H,29,33)(H,30,34)/t16-,21-,23-,24+/m0/s1. The molecular formula is C27H30N4O5S. The second-order valence-electron chi connectivity index (χ2n) is 10.3. The number of aromatic nitrogens is 1. The lowest BCUT2D eigenvalue weighted by Gasteiger charge is -2.37. The molecule has 1 aromatic heterocycles. The maximum atomic E-state index is 13.6. The topological polar surface area (TPSA) is 128 Å². The van der Waals surface area contributed by atoms with Crippen LogP contribution in [0.15, 0.2) is 60.8 Å². The fourth-order valence-corrected chi connectivity index (χ4v) is 7.51. The van der Waals surface area contributed by atoms with Crippen molar-refractivity contribution < 1.29 is 22.8 Å². The van der Waals surface area contributed by atoms with Crippen molar-refractivity contribution in [3.63, 3.8) is 0 Å². The van der Waals surface area contributed by atoms with E-state index in [0.717, 1.165) is 26.9 Å². The number of benzene rings is 2. The highest BCUT2D eigenvalue weighted by molar-refractivity contribution is 7.93. The van der Waals surface area contributed by atoms with Gasteiger partial charge in [-0.25, -0.2) is 8.42 Å². The number of carbonyl (C=O) groups excluding carboxylic acids is 3. The Morgan fingerprint density at radius 1 is 1.08 bits per heavy atom. The molecule has 0 unspecified atom stereocenters. The molecule has 5 rings (SSSR count). The quantitative estimate of drug-likeness (QED) is 0.410. The summed E-state index contributed by atoms with van der Waals surface area (Å²) >= 11 is 0. The molecule has 2 aliphatic rings. The largest absolute Gasteiger partial charge is 0.361 e. The molecule has 0 bridgehead atoms. The van der Waals surface area contributed by atoms with Crippen molar-refractivity contribution >= 4 is 38.5 Å². The van der Waals surface area contributed by atoms with E-state index < -0.39 is 43.9 Å². The number of hydrogen-bond donors (Lipinski definition) is 3. The Balaban J connectivity index is 1.43. The molecule has 37 heavy (non-hydrogen) atoms. The molecule has 10 heteroatoms. The van der Waals surface area contributed by atoms with Crippen molar-refractivity contribution in [3.8, 4) is 0 Å². The third-order valence-electron chi connectivity index (χ3n) is 7.61. The van der Waals surface area contributed by atoms with E-state index in [2.05, 4.69) is 15.6 Å². The molecule has 2 aromatic carbocycles. The Kier molecular flexibility index (Phi) is 6.10. The predicted octanol–water partition coefficient (Wildman–Crippen LogP) is 2.21. The van der Waals surface area contributed by atoms with Crippen molar-refractivity contribution in [1.82, 2.24) is 20.5 Å². The number of carbonyl (C=O) groups is 3. The van der Waals surface area contributed by atoms with Gasteiger partial charge in [0.25, 0.3) is 0 Å². The summed E-state index contributed by atoms with van der Waals surface area (Å²) in [6, 6.07) is 14.6. The lowest BCUT2D eigenvalue weighted by Crippen LogP contribution is -2.62. The van der Waals surface area contributed by atoms with Gasteiger partial charge in [0.1, 0.15) is 17.5 Å². The van der Waals surface area contributed by atoms with E-state index in [9.17, 15) is 22.8 Å². The summed E-state index contributed by atoms with van der Waals surface area (Å²) in [5, 5.41) is 5.69. The molecule has 0 saturated carbocycles. The number of hydrogen-bond acceptors (Lipinski definition) is 5. The Hall–Kier alpha value is -3.66. The number of H-pyrrole nitrogens is 1. The van der Waals surface area contributed by atoms with Crippen LogP contribution in [-0.4, -0.2) is 58.2 Å². The van der Waals surface area contributed by atoms with Crippen LogP contribution < -0.4 is 10.6 Å². The SMILES string of the molecule is C[C@H](NC(=O)[C@H](Cc1c[nH]c2ccccc12)NC(=O)[C@H]1N2C(=O)C[C@@H]2S(=O)(=O)C1(C)C)c1ccccc1. The Bertz CT molecular complexity index is 1480. The summed E-state index contributed by atoms with van der Waals surface area (Å²) in [5.74, 6) is -1.44. The van der Waals surface area contributed by atoms with Crippen LogP contribution in [0.2, 0.25) is 0 Å². The molecule has 2 saturated heterocycles. The average molecular weight is 523 g/mol. The molecule has 0 aliphatic carbocycles. The number of amides is 3. The van der Waals surface area contributed by atoms with Gasteiger partial charge in [0, 0.05) is 23.5 Å². The number of para-hydroxylation sites is 1. The van der Waals surface area contributed by atoms with E-state index >= 15 is 0 Å². The highest BCUT2D eigenvalue weighted by Crippen LogP contribution is 2.45. The molecular weight excluding hydrogens is 492 g/mol. The van der Waals surface area contributed by atoms with Crippen molar-refractivity contribution in [3.05, 3.63) is 71.9 Å². The minimum atomic E-state index is -3.74. The van der Waals surface area contributed by atoms with Crippen LogP contribution in [0, 0.1) is 0 Å². The van der Waals surface area contributed by atoms with Gasteiger partial charge in [-0.3, -0.25) is 14.4 Å². The van der Waals surface area contributed by atoms with Crippen molar-refractivity contribution in [2.75, 3.05) is 0 Å². The van der Waals surface area contributed by atoms with Crippen LogP contribution in [0.1, 0.15) is 44.4 Å². The van der Waals surface area contributed by atoms with Gasteiger partial charge in [0.2, 0.25) is 17.7 Å². The zero-order valence-electron chi connectivity index (χ0n) is 20.9. The Morgan fingerprint density at radius 2 is 1.76 bits per heavy atom. The molecule has 194 valence electrons.